The van der Waals surface area contributed by atoms with Gasteiger partial charge in [0.05, 0.1) is 26.2 Å². The van der Waals surface area contributed by atoms with Gasteiger partial charge in [-0.25, -0.2) is 4.39 Å². The Morgan fingerprint density at radius 3 is 2.29 bits per heavy atom. The third-order valence-corrected chi connectivity index (χ3v) is 5.33. The summed E-state index contributed by atoms with van der Waals surface area (Å²) in [6, 6.07) is 10.5. The molecule has 2 amide bonds. The topological polar surface area (TPSA) is 53.9 Å². The van der Waals surface area contributed by atoms with Gasteiger partial charge >= 0.3 is 0 Å². The minimum atomic E-state index is -0.363. The Labute approximate surface area is 165 Å². The zero-order valence-corrected chi connectivity index (χ0v) is 16.6. The fraction of sp³-hybridized carbons (Fsp3) is 0.364. The number of carbonyl (C=O) groups excluding carboxylic acids is 2. The lowest BCUT2D eigenvalue weighted by Crippen LogP contribution is -3.15. The lowest BCUT2D eigenvalue weighted by molar-refractivity contribution is -0.895. The highest BCUT2D eigenvalue weighted by Crippen LogP contribution is 2.19. The Hall–Kier alpha value is -2.73. The van der Waals surface area contributed by atoms with Crippen molar-refractivity contribution in [3.05, 3.63) is 64.5 Å². The van der Waals surface area contributed by atoms with Crippen LogP contribution < -0.4 is 10.2 Å². The molecule has 1 heterocycles. The molecule has 0 radical (unpaired) electrons. The standard InChI is InChI=1S/C22H26FN3O2/c1-15-7-8-18(13-19(15)23)22(28)26-11-9-25(10-12-26)14-20(27)24-21-16(2)5-4-6-17(21)3/h4-8,13H,9-12,14H2,1-3H3,(H,24,27)/p+1. The molecule has 5 nitrogen and oxygen atoms in total. The van der Waals surface area contributed by atoms with E-state index in [1.807, 2.05) is 32.0 Å². The van der Waals surface area contributed by atoms with Crippen LogP contribution in [0.4, 0.5) is 10.1 Å². The normalized spacial score (nSPS) is 14.8. The van der Waals surface area contributed by atoms with Crippen molar-refractivity contribution >= 4 is 17.5 Å². The molecular weight excluding hydrogens is 357 g/mol. The number of rotatable bonds is 4. The van der Waals surface area contributed by atoms with Crippen LogP contribution in [0.2, 0.25) is 0 Å². The second-order valence-electron chi connectivity index (χ2n) is 7.50. The second-order valence-corrected chi connectivity index (χ2v) is 7.50. The van der Waals surface area contributed by atoms with E-state index in [0.29, 0.717) is 43.9 Å². The molecule has 0 aromatic heterocycles. The summed E-state index contributed by atoms with van der Waals surface area (Å²) in [5.41, 5.74) is 3.87. The van der Waals surface area contributed by atoms with E-state index in [1.54, 1.807) is 24.0 Å². The first-order chi connectivity index (χ1) is 13.3. The van der Waals surface area contributed by atoms with Gasteiger partial charge in [0.15, 0.2) is 6.54 Å². The van der Waals surface area contributed by atoms with Crippen molar-refractivity contribution in [2.75, 3.05) is 38.0 Å². The van der Waals surface area contributed by atoms with Gasteiger partial charge in [-0.1, -0.05) is 24.3 Å². The number of aryl methyl sites for hydroxylation is 3. The van der Waals surface area contributed by atoms with Gasteiger partial charge in [-0.05, 0) is 49.6 Å². The SMILES string of the molecule is Cc1ccc(C(=O)N2CC[NH+](CC(=O)Nc3c(C)cccc3C)CC2)cc1F. The average molecular weight is 384 g/mol. The number of carbonyl (C=O) groups is 2. The van der Waals surface area contributed by atoms with Crippen LogP contribution in [0.3, 0.4) is 0 Å². The molecule has 1 aliphatic heterocycles. The van der Waals surface area contributed by atoms with E-state index in [4.69, 9.17) is 0 Å². The number of amides is 2. The molecule has 0 unspecified atom stereocenters. The molecule has 2 aromatic carbocycles. The van der Waals surface area contributed by atoms with E-state index in [2.05, 4.69) is 5.32 Å². The number of hydrogen-bond acceptors (Lipinski definition) is 2. The van der Waals surface area contributed by atoms with E-state index in [-0.39, 0.29) is 17.6 Å². The van der Waals surface area contributed by atoms with E-state index < -0.39 is 0 Å². The third kappa shape index (κ3) is 4.57. The van der Waals surface area contributed by atoms with E-state index >= 15 is 0 Å². The van der Waals surface area contributed by atoms with Gasteiger partial charge < -0.3 is 15.1 Å². The van der Waals surface area contributed by atoms with Crippen LogP contribution in [0.15, 0.2) is 36.4 Å². The maximum Gasteiger partial charge on any atom is 0.279 e. The number of anilines is 1. The summed E-state index contributed by atoms with van der Waals surface area (Å²) < 4.78 is 13.7. The molecule has 2 aromatic rings. The van der Waals surface area contributed by atoms with Crippen LogP contribution in [0.5, 0.6) is 0 Å². The number of halogens is 1. The highest BCUT2D eigenvalue weighted by Gasteiger charge is 2.26. The highest BCUT2D eigenvalue weighted by atomic mass is 19.1. The van der Waals surface area contributed by atoms with Crippen molar-refractivity contribution in [2.45, 2.75) is 20.8 Å². The molecule has 148 valence electrons. The van der Waals surface area contributed by atoms with Gasteiger partial charge in [-0.3, -0.25) is 9.59 Å². The Balaban J connectivity index is 1.53. The Kier molecular flexibility index (Phi) is 6.09. The van der Waals surface area contributed by atoms with Crippen LogP contribution in [0.25, 0.3) is 0 Å². The van der Waals surface area contributed by atoms with Crippen LogP contribution in [-0.4, -0.2) is 49.4 Å². The molecule has 2 N–H and O–H groups in total. The number of nitrogens with one attached hydrogen (secondary N) is 2. The number of para-hydroxylation sites is 1. The molecule has 1 fully saturated rings. The average Bonchev–Trinajstić information content (AvgIpc) is 2.67. The number of benzene rings is 2. The number of hydrogen-bond donors (Lipinski definition) is 2. The molecule has 0 saturated carbocycles. The third-order valence-electron chi connectivity index (χ3n) is 5.33. The molecular formula is C22H27FN3O2+. The first kappa shape index (κ1) is 20.0. The number of quaternary nitrogens is 1. The smallest absolute Gasteiger partial charge is 0.279 e. The highest BCUT2D eigenvalue weighted by molar-refractivity contribution is 5.94. The maximum atomic E-state index is 13.7. The molecule has 3 rings (SSSR count). The van der Waals surface area contributed by atoms with Crippen molar-refractivity contribution in [1.82, 2.24) is 4.90 Å². The number of nitrogens with zero attached hydrogens (tertiary/aromatic N) is 1. The van der Waals surface area contributed by atoms with Gasteiger partial charge in [0.2, 0.25) is 0 Å². The minimum absolute atomic E-state index is 0.0206. The molecule has 0 spiro atoms. The van der Waals surface area contributed by atoms with Gasteiger partial charge in [0.1, 0.15) is 5.82 Å². The van der Waals surface area contributed by atoms with Crippen LogP contribution in [0, 0.1) is 26.6 Å². The maximum absolute atomic E-state index is 13.7. The molecule has 0 atom stereocenters. The summed E-state index contributed by atoms with van der Waals surface area (Å²) in [4.78, 5) is 27.9. The summed E-state index contributed by atoms with van der Waals surface area (Å²) in [5, 5.41) is 3.02. The molecule has 1 saturated heterocycles. The molecule has 0 aliphatic carbocycles. The zero-order chi connectivity index (χ0) is 20.3. The van der Waals surface area contributed by atoms with Gasteiger partial charge in [-0.15, -0.1) is 0 Å². The number of piperazine rings is 1. The van der Waals surface area contributed by atoms with E-state index in [9.17, 15) is 14.0 Å². The van der Waals surface area contributed by atoms with Crippen molar-refractivity contribution in [1.29, 1.82) is 0 Å². The van der Waals surface area contributed by atoms with Gasteiger partial charge in [0, 0.05) is 11.3 Å². The second kappa shape index (κ2) is 8.52. The molecule has 28 heavy (non-hydrogen) atoms. The minimum Gasteiger partial charge on any atom is -0.327 e. The van der Waals surface area contributed by atoms with Crippen LogP contribution in [-0.2, 0) is 4.79 Å². The van der Waals surface area contributed by atoms with Crippen molar-refractivity contribution in [2.24, 2.45) is 0 Å². The van der Waals surface area contributed by atoms with Crippen molar-refractivity contribution in [3.8, 4) is 0 Å². The van der Waals surface area contributed by atoms with Crippen molar-refractivity contribution in [3.63, 3.8) is 0 Å². The predicted octanol–water partition coefficient (Wildman–Crippen LogP) is 1.73. The largest absolute Gasteiger partial charge is 0.327 e. The Bertz CT molecular complexity index is 869. The lowest BCUT2D eigenvalue weighted by Gasteiger charge is -2.32. The first-order valence-electron chi connectivity index (χ1n) is 9.60. The van der Waals surface area contributed by atoms with E-state index in [1.165, 1.54) is 6.07 Å². The summed E-state index contributed by atoms with van der Waals surface area (Å²) in [7, 11) is 0. The van der Waals surface area contributed by atoms with Crippen molar-refractivity contribution < 1.29 is 18.9 Å². The summed E-state index contributed by atoms with van der Waals surface area (Å²) in [5.74, 6) is -0.538. The fourth-order valence-corrected chi connectivity index (χ4v) is 3.53. The monoisotopic (exact) mass is 384 g/mol. The summed E-state index contributed by atoms with van der Waals surface area (Å²) in [6.07, 6.45) is 0. The lowest BCUT2D eigenvalue weighted by atomic mass is 10.1. The Morgan fingerprint density at radius 1 is 1.04 bits per heavy atom. The first-order valence-corrected chi connectivity index (χ1v) is 9.60. The van der Waals surface area contributed by atoms with Crippen LogP contribution in [0.1, 0.15) is 27.0 Å². The quantitative estimate of drug-likeness (QED) is 0.844. The van der Waals surface area contributed by atoms with Gasteiger partial charge in [-0.2, -0.15) is 0 Å². The zero-order valence-electron chi connectivity index (χ0n) is 16.6. The van der Waals surface area contributed by atoms with Gasteiger partial charge in [0.25, 0.3) is 11.8 Å². The summed E-state index contributed by atoms with van der Waals surface area (Å²) >= 11 is 0. The summed E-state index contributed by atoms with van der Waals surface area (Å²) in [6.45, 7) is 8.51. The molecule has 1 aliphatic rings. The predicted molar refractivity (Wildman–Crippen MR) is 107 cm³/mol. The van der Waals surface area contributed by atoms with Crippen LogP contribution >= 0.6 is 0 Å². The molecule has 6 heteroatoms. The Morgan fingerprint density at radius 2 is 1.68 bits per heavy atom. The molecule has 0 bridgehead atoms. The fourth-order valence-electron chi connectivity index (χ4n) is 3.53. The van der Waals surface area contributed by atoms with E-state index in [0.717, 1.165) is 21.7 Å².